The number of carbonyl (C=O) groups is 1. The number of amides is 1. The Balaban J connectivity index is 0.00000182. The monoisotopic (exact) mass is 377 g/mol. The molecule has 0 radical (unpaired) electrons. The van der Waals surface area contributed by atoms with Gasteiger partial charge in [0.1, 0.15) is 5.01 Å². The van der Waals surface area contributed by atoms with Gasteiger partial charge in [0.05, 0.1) is 12.2 Å². The van der Waals surface area contributed by atoms with Crippen molar-refractivity contribution in [3.63, 3.8) is 0 Å². The van der Waals surface area contributed by atoms with Crippen molar-refractivity contribution in [2.24, 2.45) is 5.92 Å². The molecule has 2 unspecified atom stereocenters. The molecular formula is C19H24ClN3OS. The van der Waals surface area contributed by atoms with E-state index in [0.29, 0.717) is 31.0 Å². The molecule has 2 N–H and O–H groups in total. The van der Waals surface area contributed by atoms with Crippen molar-refractivity contribution in [3.8, 4) is 10.6 Å². The van der Waals surface area contributed by atoms with E-state index in [1.165, 1.54) is 12.8 Å². The SMILES string of the molecule is Cl.O=C(CC1CC2CCC(C1)N2)NCc1csc(-c2ccccc2)n1. The predicted molar refractivity (Wildman–Crippen MR) is 104 cm³/mol. The average molecular weight is 378 g/mol. The molecule has 4 nitrogen and oxygen atoms in total. The Bertz CT molecular complexity index is 694. The van der Waals surface area contributed by atoms with E-state index in [-0.39, 0.29) is 18.3 Å². The van der Waals surface area contributed by atoms with Crippen LogP contribution in [0.4, 0.5) is 0 Å². The molecule has 6 heteroatoms. The molecule has 4 rings (SSSR count). The second-order valence-corrected chi connectivity index (χ2v) is 7.82. The third-order valence-corrected chi connectivity index (χ3v) is 6.02. The Morgan fingerprint density at radius 1 is 1.20 bits per heavy atom. The van der Waals surface area contributed by atoms with Crippen LogP contribution in [0, 0.1) is 5.92 Å². The van der Waals surface area contributed by atoms with Crippen LogP contribution in [0.3, 0.4) is 0 Å². The first-order valence-electron chi connectivity index (χ1n) is 8.79. The molecule has 2 fully saturated rings. The number of benzene rings is 1. The molecule has 1 aromatic carbocycles. The molecule has 2 saturated heterocycles. The quantitative estimate of drug-likeness (QED) is 0.833. The molecule has 134 valence electrons. The standard InChI is InChI=1S/C19H23N3OS.ClH/c23-18(10-13-8-15-6-7-16(9-13)21-15)20-11-17-12-24-19(22-17)14-4-2-1-3-5-14;/h1-5,12-13,15-16,21H,6-11H2,(H,20,23);1H. The van der Waals surface area contributed by atoms with Crippen molar-refractivity contribution in [2.75, 3.05) is 0 Å². The van der Waals surface area contributed by atoms with E-state index in [9.17, 15) is 4.79 Å². The van der Waals surface area contributed by atoms with E-state index in [4.69, 9.17) is 0 Å². The normalized spacial score (nSPS) is 24.6. The number of hydrogen-bond donors (Lipinski definition) is 2. The number of hydrogen-bond acceptors (Lipinski definition) is 4. The van der Waals surface area contributed by atoms with E-state index in [0.717, 1.165) is 29.1 Å². The number of nitrogens with one attached hydrogen (secondary N) is 2. The van der Waals surface area contributed by atoms with Crippen LogP contribution in [-0.2, 0) is 11.3 Å². The minimum atomic E-state index is 0. The first-order chi connectivity index (χ1) is 11.8. The topological polar surface area (TPSA) is 54.0 Å². The summed E-state index contributed by atoms with van der Waals surface area (Å²) >= 11 is 1.63. The van der Waals surface area contributed by atoms with E-state index < -0.39 is 0 Å². The molecule has 25 heavy (non-hydrogen) atoms. The van der Waals surface area contributed by atoms with Crippen LogP contribution in [0.2, 0.25) is 0 Å². The lowest BCUT2D eigenvalue weighted by molar-refractivity contribution is -0.122. The summed E-state index contributed by atoms with van der Waals surface area (Å²) in [6.07, 6.45) is 5.52. The third-order valence-electron chi connectivity index (χ3n) is 5.08. The lowest BCUT2D eigenvalue weighted by atomic mass is 9.89. The van der Waals surface area contributed by atoms with Crippen LogP contribution in [0.15, 0.2) is 35.7 Å². The van der Waals surface area contributed by atoms with Crippen LogP contribution in [0.5, 0.6) is 0 Å². The molecule has 2 aliphatic rings. The Morgan fingerprint density at radius 2 is 1.92 bits per heavy atom. The van der Waals surface area contributed by atoms with Gasteiger partial charge in [-0.05, 0) is 31.6 Å². The highest BCUT2D eigenvalue weighted by Crippen LogP contribution is 2.32. The van der Waals surface area contributed by atoms with Crippen molar-refractivity contribution in [1.82, 2.24) is 15.6 Å². The Labute approximate surface area is 158 Å². The summed E-state index contributed by atoms with van der Waals surface area (Å²) < 4.78 is 0. The fourth-order valence-corrected chi connectivity index (χ4v) is 4.79. The van der Waals surface area contributed by atoms with Crippen LogP contribution < -0.4 is 10.6 Å². The van der Waals surface area contributed by atoms with Gasteiger partial charge in [0.15, 0.2) is 0 Å². The van der Waals surface area contributed by atoms with Crippen LogP contribution in [0.25, 0.3) is 10.6 Å². The maximum absolute atomic E-state index is 12.2. The van der Waals surface area contributed by atoms with Gasteiger partial charge in [-0.1, -0.05) is 30.3 Å². The van der Waals surface area contributed by atoms with Gasteiger partial charge in [-0.15, -0.1) is 23.7 Å². The number of carbonyl (C=O) groups excluding carboxylic acids is 1. The number of fused-ring (bicyclic) bond motifs is 2. The summed E-state index contributed by atoms with van der Waals surface area (Å²) in [5, 5.41) is 9.72. The minimum absolute atomic E-state index is 0. The van der Waals surface area contributed by atoms with Gasteiger partial charge in [0.2, 0.25) is 5.91 Å². The molecule has 2 atom stereocenters. The second kappa shape index (κ2) is 8.30. The molecule has 2 aliphatic heterocycles. The molecule has 1 aromatic heterocycles. The fourth-order valence-electron chi connectivity index (χ4n) is 3.97. The predicted octanol–water partition coefficient (Wildman–Crippen LogP) is 3.77. The molecular weight excluding hydrogens is 354 g/mol. The minimum Gasteiger partial charge on any atom is -0.350 e. The molecule has 2 bridgehead atoms. The Kier molecular flexibility index (Phi) is 6.10. The summed E-state index contributed by atoms with van der Waals surface area (Å²) in [4.78, 5) is 16.9. The Hall–Kier alpha value is -1.43. The zero-order chi connectivity index (χ0) is 16.4. The molecule has 0 aliphatic carbocycles. The van der Waals surface area contributed by atoms with Crippen molar-refractivity contribution >= 4 is 29.7 Å². The van der Waals surface area contributed by atoms with Crippen molar-refractivity contribution in [2.45, 2.75) is 50.7 Å². The maximum Gasteiger partial charge on any atom is 0.220 e. The van der Waals surface area contributed by atoms with Gasteiger partial charge in [0, 0.05) is 29.4 Å². The number of nitrogens with zero attached hydrogens (tertiary/aromatic N) is 1. The van der Waals surface area contributed by atoms with Crippen molar-refractivity contribution in [1.29, 1.82) is 0 Å². The summed E-state index contributed by atoms with van der Waals surface area (Å²) in [5.41, 5.74) is 2.07. The smallest absolute Gasteiger partial charge is 0.220 e. The summed E-state index contributed by atoms with van der Waals surface area (Å²) in [6, 6.07) is 11.5. The van der Waals surface area contributed by atoms with Gasteiger partial charge in [-0.3, -0.25) is 4.79 Å². The average Bonchev–Trinajstić information content (AvgIpc) is 3.20. The molecule has 0 saturated carbocycles. The van der Waals surface area contributed by atoms with Gasteiger partial charge in [0.25, 0.3) is 0 Å². The summed E-state index contributed by atoms with van der Waals surface area (Å²) in [5.74, 6) is 0.703. The molecule has 2 aromatic rings. The van der Waals surface area contributed by atoms with E-state index in [1.807, 2.05) is 23.6 Å². The van der Waals surface area contributed by atoms with E-state index >= 15 is 0 Å². The van der Waals surface area contributed by atoms with Crippen LogP contribution in [0.1, 0.15) is 37.8 Å². The highest BCUT2D eigenvalue weighted by Gasteiger charge is 2.34. The molecule has 3 heterocycles. The summed E-state index contributed by atoms with van der Waals surface area (Å²) in [6.45, 7) is 0.528. The first-order valence-corrected chi connectivity index (χ1v) is 9.67. The van der Waals surface area contributed by atoms with Crippen molar-refractivity contribution in [3.05, 3.63) is 41.4 Å². The second-order valence-electron chi connectivity index (χ2n) is 6.97. The van der Waals surface area contributed by atoms with Crippen LogP contribution >= 0.6 is 23.7 Å². The van der Waals surface area contributed by atoms with Gasteiger partial charge < -0.3 is 10.6 Å². The third kappa shape index (κ3) is 4.60. The van der Waals surface area contributed by atoms with Gasteiger partial charge >= 0.3 is 0 Å². The Morgan fingerprint density at radius 3 is 2.64 bits per heavy atom. The van der Waals surface area contributed by atoms with E-state index in [1.54, 1.807) is 11.3 Å². The van der Waals surface area contributed by atoms with Crippen molar-refractivity contribution < 1.29 is 4.79 Å². The highest BCUT2D eigenvalue weighted by atomic mass is 35.5. The number of thiazole rings is 1. The zero-order valence-electron chi connectivity index (χ0n) is 14.1. The first kappa shape index (κ1) is 18.4. The molecule has 0 spiro atoms. The highest BCUT2D eigenvalue weighted by molar-refractivity contribution is 7.13. The lowest BCUT2D eigenvalue weighted by Gasteiger charge is -2.28. The zero-order valence-corrected chi connectivity index (χ0v) is 15.7. The number of piperidine rings is 1. The van der Waals surface area contributed by atoms with E-state index in [2.05, 4.69) is 27.8 Å². The number of aromatic nitrogens is 1. The maximum atomic E-state index is 12.2. The van der Waals surface area contributed by atoms with Gasteiger partial charge in [-0.2, -0.15) is 0 Å². The lowest BCUT2D eigenvalue weighted by Crippen LogP contribution is -2.39. The number of halogens is 1. The molecule has 1 amide bonds. The van der Waals surface area contributed by atoms with Crippen LogP contribution in [-0.4, -0.2) is 23.0 Å². The van der Waals surface area contributed by atoms with Gasteiger partial charge in [-0.25, -0.2) is 4.98 Å². The largest absolute Gasteiger partial charge is 0.350 e. The summed E-state index contributed by atoms with van der Waals surface area (Å²) in [7, 11) is 0. The number of rotatable bonds is 5. The fraction of sp³-hybridized carbons (Fsp3) is 0.474.